The summed E-state index contributed by atoms with van der Waals surface area (Å²) < 4.78 is 14.1. The van der Waals surface area contributed by atoms with Gasteiger partial charge in [0, 0.05) is 32.8 Å². The molecule has 0 spiro atoms. The van der Waals surface area contributed by atoms with Crippen molar-refractivity contribution in [3.8, 4) is 0 Å². The van der Waals surface area contributed by atoms with E-state index in [1.54, 1.807) is 11.9 Å². The van der Waals surface area contributed by atoms with Crippen LogP contribution in [0.1, 0.15) is 13.8 Å². The Morgan fingerprint density at radius 1 is 1.38 bits per heavy atom. The summed E-state index contributed by atoms with van der Waals surface area (Å²) in [5.41, 5.74) is 0.486. The third-order valence-electron chi connectivity index (χ3n) is 3.00. The molecule has 1 atom stereocenters. The van der Waals surface area contributed by atoms with Crippen molar-refractivity contribution < 1.29 is 14.0 Å². The van der Waals surface area contributed by atoms with E-state index in [0.29, 0.717) is 12.2 Å². The zero-order valence-electron chi connectivity index (χ0n) is 13.1. The lowest BCUT2D eigenvalue weighted by Gasteiger charge is -2.20. The molecule has 1 unspecified atom stereocenters. The molecule has 0 bridgehead atoms. The van der Waals surface area contributed by atoms with Crippen LogP contribution >= 0.6 is 0 Å². The fourth-order valence-corrected chi connectivity index (χ4v) is 1.42. The van der Waals surface area contributed by atoms with Gasteiger partial charge in [-0.15, -0.1) is 0 Å². The first kappa shape index (κ1) is 19.1. The third-order valence-corrected chi connectivity index (χ3v) is 3.00. The van der Waals surface area contributed by atoms with E-state index in [2.05, 4.69) is 23.8 Å². The fraction of sp³-hybridized carbons (Fsp3) is 0.467. The lowest BCUT2D eigenvalue weighted by atomic mass is 10.00. The first-order valence-corrected chi connectivity index (χ1v) is 6.63. The molecule has 118 valence electrons. The highest BCUT2D eigenvalue weighted by Gasteiger charge is 2.20. The van der Waals surface area contributed by atoms with Gasteiger partial charge in [0.15, 0.2) is 0 Å². The number of hydrogen-bond donors (Lipinski definition) is 2. The molecule has 0 saturated carbocycles. The highest BCUT2D eigenvalue weighted by molar-refractivity contribution is 5.96. The molecule has 5 nitrogen and oxygen atoms in total. The van der Waals surface area contributed by atoms with Crippen LogP contribution in [0.3, 0.4) is 0 Å². The van der Waals surface area contributed by atoms with Crippen molar-refractivity contribution in [1.82, 2.24) is 15.5 Å². The molecule has 6 heteroatoms. The summed E-state index contributed by atoms with van der Waals surface area (Å²) >= 11 is 0. The van der Waals surface area contributed by atoms with Crippen molar-refractivity contribution in [3.05, 3.63) is 36.3 Å². The summed E-state index contributed by atoms with van der Waals surface area (Å²) in [6, 6.07) is 0. The van der Waals surface area contributed by atoms with Gasteiger partial charge in [-0.25, -0.2) is 4.39 Å². The van der Waals surface area contributed by atoms with Crippen molar-refractivity contribution in [2.75, 3.05) is 27.2 Å². The van der Waals surface area contributed by atoms with E-state index in [9.17, 15) is 14.0 Å². The molecule has 21 heavy (non-hydrogen) atoms. The van der Waals surface area contributed by atoms with Crippen molar-refractivity contribution >= 4 is 11.8 Å². The van der Waals surface area contributed by atoms with Gasteiger partial charge in [0.25, 0.3) is 0 Å². The number of nitrogens with one attached hydrogen (secondary N) is 2. The van der Waals surface area contributed by atoms with Crippen LogP contribution in [-0.4, -0.2) is 43.9 Å². The number of halogens is 1. The summed E-state index contributed by atoms with van der Waals surface area (Å²) in [6.07, 6.45) is 1.23. The SMILES string of the molecule is C=C(/C(F)=C\C(=C)N(C)CCNC)C(C)C(=O)NC(C)=O. The predicted octanol–water partition coefficient (Wildman–Crippen LogP) is 1.36. The highest BCUT2D eigenvalue weighted by atomic mass is 19.1. The van der Waals surface area contributed by atoms with Crippen LogP contribution < -0.4 is 10.6 Å². The maximum Gasteiger partial charge on any atom is 0.233 e. The molecule has 0 aromatic carbocycles. The van der Waals surface area contributed by atoms with Gasteiger partial charge >= 0.3 is 0 Å². The molecule has 0 fully saturated rings. The number of amides is 2. The van der Waals surface area contributed by atoms with Crippen LogP contribution in [0.25, 0.3) is 0 Å². The molecular weight excluding hydrogens is 273 g/mol. The van der Waals surface area contributed by atoms with Gasteiger partial charge in [0.2, 0.25) is 11.8 Å². The van der Waals surface area contributed by atoms with Crippen LogP contribution in [0.4, 0.5) is 4.39 Å². The second kappa shape index (κ2) is 9.07. The number of nitrogens with zero attached hydrogens (tertiary/aromatic N) is 1. The van der Waals surface area contributed by atoms with E-state index < -0.39 is 23.6 Å². The zero-order chi connectivity index (χ0) is 16.6. The van der Waals surface area contributed by atoms with Crippen LogP contribution in [0.15, 0.2) is 36.3 Å². The van der Waals surface area contributed by atoms with Crippen molar-refractivity contribution in [2.45, 2.75) is 13.8 Å². The average molecular weight is 297 g/mol. The molecule has 0 aliphatic rings. The molecule has 0 aliphatic carbocycles. The zero-order valence-corrected chi connectivity index (χ0v) is 13.1. The molecule has 0 aromatic heterocycles. The van der Waals surface area contributed by atoms with Crippen LogP contribution in [0.2, 0.25) is 0 Å². The molecule has 0 aromatic rings. The van der Waals surface area contributed by atoms with E-state index in [0.717, 1.165) is 6.54 Å². The lowest BCUT2D eigenvalue weighted by molar-refractivity contribution is -0.130. The molecule has 0 radical (unpaired) electrons. The molecule has 2 N–H and O–H groups in total. The van der Waals surface area contributed by atoms with Crippen molar-refractivity contribution in [2.24, 2.45) is 5.92 Å². The monoisotopic (exact) mass is 297 g/mol. The minimum Gasteiger partial charge on any atom is -0.374 e. The Hall–Kier alpha value is -1.95. The highest BCUT2D eigenvalue weighted by Crippen LogP contribution is 2.21. The van der Waals surface area contributed by atoms with Gasteiger partial charge in [-0.05, 0) is 25.6 Å². The number of rotatable bonds is 8. The first-order chi connectivity index (χ1) is 9.70. The van der Waals surface area contributed by atoms with Gasteiger partial charge in [-0.1, -0.05) is 13.2 Å². The Kier molecular flexibility index (Phi) is 8.23. The standard InChI is InChI=1S/C15H24FN3O2/c1-10(19(6)8-7-17-5)9-14(16)11(2)12(3)15(21)18-13(4)20/h9,12,17H,1-2,7-8H2,3-6H3,(H,18,20,21)/b14-9+. The number of likely N-dealkylation sites (N-methyl/N-ethyl adjacent to an activating group) is 2. The quantitative estimate of drug-likeness (QED) is 0.664. The predicted molar refractivity (Wildman–Crippen MR) is 82.0 cm³/mol. The fourth-order valence-electron chi connectivity index (χ4n) is 1.42. The number of hydrogen-bond acceptors (Lipinski definition) is 4. The van der Waals surface area contributed by atoms with E-state index in [4.69, 9.17) is 0 Å². The van der Waals surface area contributed by atoms with E-state index in [1.165, 1.54) is 19.9 Å². The Balaban J connectivity index is 4.75. The van der Waals surface area contributed by atoms with Crippen molar-refractivity contribution in [3.63, 3.8) is 0 Å². The molecule has 2 amide bonds. The smallest absolute Gasteiger partial charge is 0.233 e. The second-order valence-corrected chi connectivity index (χ2v) is 4.80. The van der Waals surface area contributed by atoms with E-state index in [-0.39, 0.29) is 5.57 Å². The number of allylic oxidation sites excluding steroid dienone is 2. The molecule has 0 rings (SSSR count). The van der Waals surface area contributed by atoms with Gasteiger partial charge < -0.3 is 10.2 Å². The minimum absolute atomic E-state index is 0.0110. The molecule has 0 heterocycles. The normalized spacial score (nSPS) is 12.5. The number of carbonyl (C=O) groups excluding carboxylic acids is 2. The minimum atomic E-state index is -0.833. The Morgan fingerprint density at radius 3 is 2.43 bits per heavy atom. The summed E-state index contributed by atoms with van der Waals surface area (Å²) in [4.78, 5) is 24.2. The Labute approximate surface area is 125 Å². The molecular formula is C15H24FN3O2. The average Bonchev–Trinajstić information content (AvgIpc) is 2.41. The van der Waals surface area contributed by atoms with E-state index in [1.807, 2.05) is 7.05 Å². The maximum atomic E-state index is 14.1. The number of imide groups is 1. The first-order valence-electron chi connectivity index (χ1n) is 6.63. The van der Waals surface area contributed by atoms with Crippen LogP contribution in [-0.2, 0) is 9.59 Å². The van der Waals surface area contributed by atoms with Gasteiger partial charge in [-0.3, -0.25) is 14.9 Å². The summed E-state index contributed by atoms with van der Waals surface area (Å²) in [7, 11) is 3.61. The maximum absolute atomic E-state index is 14.1. The second-order valence-electron chi connectivity index (χ2n) is 4.80. The summed E-state index contributed by atoms with van der Waals surface area (Å²) in [5.74, 6) is -2.52. The van der Waals surface area contributed by atoms with E-state index >= 15 is 0 Å². The summed E-state index contributed by atoms with van der Waals surface area (Å²) in [6.45, 7) is 11.5. The largest absolute Gasteiger partial charge is 0.374 e. The Morgan fingerprint density at radius 2 is 1.95 bits per heavy atom. The van der Waals surface area contributed by atoms with Gasteiger partial charge in [0.1, 0.15) is 5.83 Å². The third kappa shape index (κ3) is 6.85. The lowest BCUT2D eigenvalue weighted by Crippen LogP contribution is -2.33. The van der Waals surface area contributed by atoms with Gasteiger partial charge in [0.05, 0.1) is 5.92 Å². The Bertz CT molecular complexity index is 458. The topological polar surface area (TPSA) is 61.4 Å². The number of carbonyl (C=O) groups is 2. The van der Waals surface area contributed by atoms with Crippen LogP contribution in [0.5, 0.6) is 0 Å². The van der Waals surface area contributed by atoms with Crippen LogP contribution in [0, 0.1) is 5.92 Å². The van der Waals surface area contributed by atoms with Gasteiger partial charge in [-0.2, -0.15) is 0 Å². The molecule has 0 aliphatic heterocycles. The molecule has 0 saturated heterocycles. The summed E-state index contributed by atoms with van der Waals surface area (Å²) in [5, 5.41) is 5.09. The van der Waals surface area contributed by atoms with Crippen molar-refractivity contribution in [1.29, 1.82) is 0 Å².